The standard InChI is InChI=1S/C6H9Cl3/c7-4-1-2-5(8)6(9)3-4/h4-6H,1-3H2/t4-,5+,6+/m1/s1. The molecule has 0 spiro atoms. The van der Waals surface area contributed by atoms with Gasteiger partial charge in [0, 0.05) is 5.38 Å². The molecule has 1 aliphatic rings. The third kappa shape index (κ3) is 2.18. The molecule has 0 nitrogen and oxygen atoms in total. The Balaban J connectivity index is 2.35. The van der Waals surface area contributed by atoms with Gasteiger partial charge in [-0.15, -0.1) is 34.8 Å². The highest BCUT2D eigenvalue weighted by Crippen LogP contribution is 2.30. The Kier molecular flexibility index (Phi) is 2.94. The summed E-state index contributed by atoms with van der Waals surface area (Å²) in [5.74, 6) is 0. The van der Waals surface area contributed by atoms with Crippen molar-refractivity contribution in [3.05, 3.63) is 0 Å². The molecule has 1 aliphatic carbocycles. The minimum atomic E-state index is 0.0860. The van der Waals surface area contributed by atoms with Crippen LogP contribution in [0.2, 0.25) is 0 Å². The molecular weight excluding hydrogens is 178 g/mol. The summed E-state index contributed by atoms with van der Waals surface area (Å²) in [5.41, 5.74) is 0. The van der Waals surface area contributed by atoms with Gasteiger partial charge in [0.05, 0.1) is 10.8 Å². The van der Waals surface area contributed by atoms with E-state index in [1.54, 1.807) is 0 Å². The van der Waals surface area contributed by atoms with Crippen LogP contribution in [-0.4, -0.2) is 16.1 Å². The van der Waals surface area contributed by atoms with Crippen molar-refractivity contribution in [2.75, 3.05) is 0 Å². The lowest BCUT2D eigenvalue weighted by atomic mass is 9.99. The van der Waals surface area contributed by atoms with Crippen molar-refractivity contribution in [1.82, 2.24) is 0 Å². The summed E-state index contributed by atoms with van der Waals surface area (Å²) in [6, 6.07) is 0. The van der Waals surface area contributed by atoms with Crippen LogP contribution in [0.4, 0.5) is 0 Å². The molecule has 0 bridgehead atoms. The van der Waals surface area contributed by atoms with Crippen LogP contribution in [-0.2, 0) is 0 Å². The van der Waals surface area contributed by atoms with Gasteiger partial charge in [0.15, 0.2) is 0 Å². The molecule has 3 atom stereocenters. The molecule has 0 aromatic rings. The quantitative estimate of drug-likeness (QED) is 0.512. The van der Waals surface area contributed by atoms with Crippen LogP contribution in [0, 0.1) is 0 Å². The Morgan fingerprint density at radius 2 is 1.56 bits per heavy atom. The maximum absolute atomic E-state index is 5.85. The van der Waals surface area contributed by atoms with Gasteiger partial charge in [-0.1, -0.05) is 0 Å². The number of hydrogen-bond acceptors (Lipinski definition) is 0. The SMILES string of the molecule is Cl[C@@H]1CC[C@H](Cl)[C@@H](Cl)C1. The van der Waals surface area contributed by atoms with Gasteiger partial charge in [0.1, 0.15) is 0 Å². The van der Waals surface area contributed by atoms with Crippen LogP contribution in [0.15, 0.2) is 0 Å². The van der Waals surface area contributed by atoms with E-state index in [-0.39, 0.29) is 16.1 Å². The Morgan fingerprint density at radius 1 is 0.889 bits per heavy atom. The molecule has 0 N–H and O–H groups in total. The maximum Gasteiger partial charge on any atom is 0.0513 e. The first-order valence-corrected chi connectivity index (χ1v) is 4.43. The number of hydrogen-bond donors (Lipinski definition) is 0. The molecule has 0 aromatic heterocycles. The van der Waals surface area contributed by atoms with E-state index in [2.05, 4.69) is 0 Å². The van der Waals surface area contributed by atoms with Gasteiger partial charge in [-0.25, -0.2) is 0 Å². The lowest BCUT2D eigenvalue weighted by Crippen LogP contribution is -2.25. The van der Waals surface area contributed by atoms with E-state index in [1.165, 1.54) is 0 Å². The first-order valence-electron chi connectivity index (χ1n) is 3.12. The lowest BCUT2D eigenvalue weighted by molar-refractivity contribution is 0.524. The van der Waals surface area contributed by atoms with E-state index >= 15 is 0 Å². The Morgan fingerprint density at radius 3 is 2.00 bits per heavy atom. The van der Waals surface area contributed by atoms with Gasteiger partial charge in [-0.3, -0.25) is 0 Å². The molecule has 9 heavy (non-hydrogen) atoms. The number of rotatable bonds is 0. The zero-order chi connectivity index (χ0) is 6.85. The Labute approximate surface area is 70.5 Å². The molecular formula is C6H9Cl3. The molecule has 0 aromatic carbocycles. The van der Waals surface area contributed by atoms with E-state index < -0.39 is 0 Å². The highest BCUT2D eigenvalue weighted by molar-refractivity contribution is 6.31. The van der Waals surface area contributed by atoms with Crippen LogP contribution in [0.5, 0.6) is 0 Å². The summed E-state index contributed by atoms with van der Waals surface area (Å²) in [5, 5.41) is 0.479. The molecule has 1 fully saturated rings. The zero-order valence-corrected chi connectivity index (χ0v) is 7.26. The second kappa shape index (κ2) is 3.32. The van der Waals surface area contributed by atoms with Gasteiger partial charge in [0.25, 0.3) is 0 Å². The minimum absolute atomic E-state index is 0.0860. The number of alkyl halides is 3. The van der Waals surface area contributed by atoms with Crippen molar-refractivity contribution in [2.24, 2.45) is 0 Å². The Bertz CT molecular complexity index is 94.3. The average molecular weight is 187 g/mol. The fourth-order valence-corrected chi connectivity index (χ4v) is 2.01. The Hall–Kier alpha value is 0.870. The average Bonchev–Trinajstić information content (AvgIpc) is 1.80. The summed E-state index contributed by atoms with van der Waals surface area (Å²) in [6.45, 7) is 0. The minimum Gasteiger partial charge on any atom is -0.123 e. The monoisotopic (exact) mass is 186 g/mol. The third-order valence-electron chi connectivity index (χ3n) is 1.63. The number of halogens is 3. The molecule has 54 valence electrons. The fourth-order valence-electron chi connectivity index (χ4n) is 1.03. The van der Waals surface area contributed by atoms with Gasteiger partial charge in [-0.2, -0.15) is 0 Å². The predicted molar refractivity (Wildman–Crippen MR) is 42.8 cm³/mol. The van der Waals surface area contributed by atoms with Crippen LogP contribution in [0.25, 0.3) is 0 Å². The van der Waals surface area contributed by atoms with Crippen molar-refractivity contribution in [3.63, 3.8) is 0 Å². The molecule has 0 amide bonds. The third-order valence-corrected chi connectivity index (χ3v) is 3.16. The van der Waals surface area contributed by atoms with Crippen molar-refractivity contribution >= 4 is 34.8 Å². The summed E-state index contributed by atoms with van der Waals surface area (Å²) in [4.78, 5) is 0. The lowest BCUT2D eigenvalue weighted by Gasteiger charge is -2.24. The van der Waals surface area contributed by atoms with Crippen LogP contribution in [0.3, 0.4) is 0 Å². The largest absolute Gasteiger partial charge is 0.123 e. The molecule has 3 heteroatoms. The summed E-state index contributed by atoms with van der Waals surface area (Å²) >= 11 is 17.5. The van der Waals surface area contributed by atoms with Gasteiger partial charge in [-0.05, 0) is 19.3 Å². The van der Waals surface area contributed by atoms with Crippen molar-refractivity contribution < 1.29 is 0 Å². The van der Waals surface area contributed by atoms with Gasteiger partial charge >= 0.3 is 0 Å². The van der Waals surface area contributed by atoms with E-state index in [0.717, 1.165) is 19.3 Å². The van der Waals surface area contributed by atoms with E-state index in [9.17, 15) is 0 Å². The van der Waals surface area contributed by atoms with Crippen LogP contribution < -0.4 is 0 Å². The normalized spacial score (nSPS) is 45.0. The molecule has 0 saturated heterocycles. The summed E-state index contributed by atoms with van der Waals surface area (Å²) < 4.78 is 0. The summed E-state index contributed by atoms with van der Waals surface area (Å²) in [7, 11) is 0. The van der Waals surface area contributed by atoms with Crippen LogP contribution >= 0.6 is 34.8 Å². The predicted octanol–water partition coefficient (Wildman–Crippen LogP) is 2.99. The van der Waals surface area contributed by atoms with E-state index in [0.29, 0.717) is 0 Å². The fraction of sp³-hybridized carbons (Fsp3) is 1.00. The molecule has 0 heterocycles. The molecule has 0 aliphatic heterocycles. The van der Waals surface area contributed by atoms with Crippen molar-refractivity contribution in [2.45, 2.75) is 35.4 Å². The highest BCUT2D eigenvalue weighted by Gasteiger charge is 2.25. The van der Waals surface area contributed by atoms with Crippen LogP contribution in [0.1, 0.15) is 19.3 Å². The second-order valence-corrected chi connectivity index (χ2v) is 4.18. The smallest absolute Gasteiger partial charge is 0.0513 e. The topological polar surface area (TPSA) is 0 Å². The van der Waals surface area contributed by atoms with E-state index in [1.807, 2.05) is 0 Å². The molecule has 1 rings (SSSR count). The second-order valence-electron chi connectivity index (χ2n) is 2.44. The van der Waals surface area contributed by atoms with Gasteiger partial charge < -0.3 is 0 Å². The van der Waals surface area contributed by atoms with Crippen molar-refractivity contribution in [3.8, 4) is 0 Å². The molecule has 0 radical (unpaired) electrons. The van der Waals surface area contributed by atoms with E-state index in [4.69, 9.17) is 34.8 Å². The zero-order valence-electron chi connectivity index (χ0n) is 4.99. The summed E-state index contributed by atoms with van der Waals surface area (Å²) in [6.07, 6.45) is 2.83. The first kappa shape index (κ1) is 7.97. The van der Waals surface area contributed by atoms with Gasteiger partial charge in [0.2, 0.25) is 0 Å². The highest BCUT2D eigenvalue weighted by atomic mass is 35.5. The molecule has 1 saturated carbocycles. The maximum atomic E-state index is 5.85. The molecule has 0 unspecified atom stereocenters. The van der Waals surface area contributed by atoms with Crippen molar-refractivity contribution in [1.29, 1.82) is 0 Å². The first-order chi connectivity index (χ1) is 4.20.